The zero-order valence-corrected chi connectivity index (χ0v) is 12.8. The van der Waals surface area contributed by atoms with Crippen LogP contribution in [0.25, 0.3) is 0 Å². The van der Waals surface area contributed by atoms with Crippen LogP contribution >= 0.6 is 11.3 Å². The van der Waals surface area contributed by atoms with Gasteiger partial charge in [-0.1, -0.05) is 11.8 Å². The van der Waals surface area contributed by atoms with Crippen molar-refractivity contribution in [3.05, 3.63) is 21.9 Å². The van der Waals surface area contributed by atoms with E-state index in [4.69, 9.17) is 5.11 Å². The first-order valence-electron chi connectivity index (χ1n) is 5.76. The van der Waals surface area contributed by atoms with E-state index in [0.717, 1.165) is 10.4 Å². The Balaban J connectivity index is 2.72. The van der Waals surface area contributed by atoms with Gasteiger partial charge in [-0.2, -0.15) is 17.4 Å². The van der Waals surface area contributed by atoms with E-state index in [0.29, 0.717) is 6.54 Å². The number of rotatable bonds is 5. The topological polar surface area (TPSA) is 69.6 Å². The second kappa shape index (κ2) is 7.03. The van der Waals surface area contributed by atoms with Crippen LogP contribution in [0.1, 0.15) is 24.3 Å². The predicted octanol–water partition coefficient (Wildman–Crippen LogP) is 0.766. The Morgan fingerprint density at radius 2 is 2.21 bits per heavy atom. The minimum atomic E-state index is -3.45. The van der Waals surface area contributed by atoms with Crippen LogP contribution in [0, 0.1) is 11.8 Å². The second-order valence-corrected chi connectivity index (χ2v) is 7.03. The average Bonchev–Trinajstić information content (AvgIpc) is 2.72. The third-order valence-electron chi connectivity index (χ3n) is 2.14. The molecule has 0 unspecified atom stereocenters. The molecule has 7 heteroatoms. The Morgan fingerprint density at radius 3 is 2.79 bits per heavy atom. The molecule has 0 aliphatic rings. The lowest BCUT2D eigenvalue weighted by atomic mass is 10.3. The van der Waals surface area contributed by atoms with Gasteiger partial charge >= 0.3 is 0 Å². The van der Waals surface area contributed by atoms with E-state index in [2.05, 4.69) is 16.6 Å². The van der Waals surface area contributed by atoms with E-state index >= 15 is 0 Å². The van der Waals surface area contributed by atoms with Crippen LogP contribution in [0.15, 0.2) is 11.4 Å². The van der Waals surface area contributed by atoms with E-state index in [9.17, 15) is 8.42 Å². The maximum atomic E-state index is 11.9. The quantitative estimate of drug-likeness (QED) is 0.789. The molecular weight excluding hydrogens is 284 g/mol. The van der Waals surface area contributed by atoms with Crippen LogP contribution in [0.4, 0.5) is 0 Å². The molecule has 2 N–H and O–H groups in total. The summed E-state index contributed by atoms with van der Waals surface area (Å²) in [5.74, 6) is 5.35. The summed E-state index contributed by atoms with van der Waals surface area (Å²) in [5, 5.41) is 10.5. The Hall–Kier alpha value is -0.910. The van der Waals surface area contributed by atoms with Gasteiger partial charge in [-0.05, 0) is 30.9 Å². The predicted molar refractivity (Wildman–Crippen MR) is 76.9 cm³/mol. The highest BCUT2D eigenvalue weighted by Gasteiger charge is 2.18. The van der Waals surface area contributed by atoms with Crippen molar-refractivity contribution < 1.29 is 13.5 Å². The van der Waals surface area contributed by atoms with Crippen molar-refractivity contribution in [3.8, 4) is 11.8 Å². The maximum absolute atomic E-state index is 11.9. The lowest BCUT2D eigenvalue weighted by Gasteiger charge is -2.18. The monoisotopic (exact) mass is 302 g/mol. The molecular formula is C12H18N2O3S2. The fourth-order valence-corrected chi connectivity index (χ4v) is 3.25. The molecule has 1 aromatic rings. The Labute approximate surface area is 118 Å². The highest BCUT2D eigenvalue weighted by molar-refractivity contribution is 7.87. The molecule has 0 atom stereocenters. The summed E-state index contributed by atoms with van der Waals surface area (Å²) in [6, 6.07) is 1.69. The fourth-order valence-electron chi connectivity index (χ4n) is 1.38. The summed E-state index contributed by atoms with van der Waals surface area (Å²) in [4.78, 5) is 0.812. The van der Waals surface area contributed by atoms with Crippen molar-refractivity contribution in [1.82, 2.24) is 9.03 Å². The van der Waals surface area contributed by atoms with Gasteiger partial charge in [-0.3, -0.25) is 0 Å². The molecule has 0 radical (unpaired) electrons. The molecule has 19 heavy (non-hydrogen) atoms. The molecule has 106 valence electrons. The van der Waals surface area contributed by atoms with Gasteiger partial charge in [-0.15, -0.1) is 11.3 Å². The number of hydrogen-bond donors (Lipinski definition) is 2. The molecule has 0 amide bonds. The molecule has 0 aliphatic carbocycles. The molecule has 0 fully saturated rings. The second-order valence-electron chi connectivity index (χ2n) is 4.31. The smallest absolute Gasteiger partial charge is 0.279 e. The fraction of sp³-hybridized carbons (Fsp3) is 0.500. The zero-order chi connectivity index (χ0) is 14.5. The van der Waals surface area contributed by atoms with Gasteiger partial charge in [0.15, 0.2) is 0 Å². The number of nitrogens with one attached hydrogen (secondary N) is 1. The first kappa shape index (κ1) is 16.1. The largest absolute Gasteiger partial charge is 0.384 e. The summed E-state index contributed by atoms with van der Waals surface area (Å²) in [6.07, 6.45) is 0. The lowest BCUT2D eigenvalue weighted by Crippen LogP contribution is -2.41. The molecule has 0 saturated carbocycles. The third kappa shape index (κ3) is 5.30. The molecule has 0 aliphatic heterocycles. The van der Waals surface area contributed by atoms with Gasteiger partial charge in [0.2, 0.25) is 0 Å². The minimum absolute atomic E-state index is 0.138. The number of nitrogens with zero attached hydrogens (tertiary/aromatic N) is 1. The highest BCUT2D eigenvalue weighted by atomic mass is 32.2. The summed E-state index contributed by atoms with van der Waals surface area (Å²) >= 11 is 1.43. The van der Waals surface area contributed by atoms with Crippen LogP contribution in [0.3, 0.4) is 0 Å². The van der Waals surface area contributed by atoms with E-state index in [-0.39, 0.29) is 12.6 Å². The SMILES string of the molecule is CC(C)NS(=O)(=O)N(C)Cc1csc(C#CCO)c1. The number of thiophene rings is 1. The first-order chi connectivity index (χ1) is 8.85. The number of aliphatic hydroxyl groups is 1. The summed E-state index contributed by atoms with van der Waals surface area (Å²) in [5.41, 5.74) is 0.879. The van der Waals surface area contributed by atoms with Crippen molar-refractivity contribution in [2.75, 3.05) is 13.7 Å². The summed E-state index contributed by atoms with van der Waals surface area (Å²) < 4.78 is 27.5. The lowest BCUT2D eigenvalue weighted by molar-refractivity contribution is 0.350. The van der Waals surface area contributed by atoms with E-state index in [1.54, 1.807) is 13.8 Å². The van der Waals surface area contributed by atoms with Crippen LogP contribution in [0.5, 0.6) is 0 Å². The first-order valence-corrected chi connectivity index (χ1v) is 8.08. The van der Waals surface area contributed by atoms with Gasteiger partial charge < -0.3 is 5.11 Å². The van der Waals surface area contributed by atoms with Crippen LogP contribution < -0.4 is 4.72 Å². The Kier molecular flexibility index (Phi) is 5.97. The minimum Gasteiger partial charge on any atom is -0.384 e. The molecule has 0 saturated heterocycles. The van der Waals surface area contributed by atoms with Crippen LogP contribution in [0.2, 0.25) is 0 Å². The Bertz CT molecular complexity index is 567. The van der Waals surface area contributed by atoms with Gasteiger partial charge in [0.05, 0.1) is 4.88 Å². The summed E-state index contributed by atoms with van der Waals surface area (Å²) in [7, 11) is -1.92. The molecule has 1 heterocycles. The van der Waals surface area contributed by atoms with Crippen molar-refractivity contribution >= 4 is 21.5 Å². The van der Waals surface area contributed by atoms with E-state index in [1.165, 1.54) is 22.7 Å². The average molecular weight is 302 g/mol. The van der Waals surface area contributed by atoms with Crippen molar-refractivity contribution in [3.63, 3.8) is 0 Å². The molecule has 0 bridgehead atoms. The molecule has 0 spiro atoms. The van der Waals surface area contributed by atoms with Gasteiger partial charge in [0.25, 0.3) is 10.2 Å². The number of aliphatic hydroxyl groups excluding tert-OH is 1. The van der Waals surface area contributed by atoms with Crippen molar-refractivity contribution in [1.29, 1.82) is 0 Å². The standard InChI is InChI=1S/C12H18N2O3S2/c1-10(2)13-19(16,17)14(3)8-11-7-12(18-9-11)5-4-6-15/h7,9-10,13,15H,6,8H2,1-3H3. The zero-order valence-electron chi connectivity index (χ0n) is 11.2. The summed E-state index contributed by atoms with van der Waals surface area (Å²) in [6.45, 7) is 3.66. The van der Waals surface area contributed by atoms with E-state index in [1.807, 2.05) is 11.4 Å². The van der Waals surface area contributed by atoms with Gasteiger partial charge in [0.1, 0.15) is 6.61 Å². The van der Waals surface area contributed by atoms with Crippen molar-refractivity contribution in [2.45, 2.75) is 26.4 Å². The van der Waals surface area contributed by atoms with Gasteiger partial charge in [0, 0.05) is 19.6 Å². The van der Waals surface area contributed by atoms with Crippen molar-refractivity contribution in [2.24, 2.45) is 0 Å². The normalized spacial score (nSPS) is 11.7. The van der Waals surface area contributed by atoms with Gasteiger partial charge in [-0.25, -0.2) is 0 Å². The maximum Gasteiger partial charge on any atom is 0.279 e. The highest BCUT2D eigenvalue weighted by Crippen LogP contribution is 2.16. The third-order valence-corrected chi connectivity index (χ3v) is 4.76. The van der Waals surface area contributed by atoms with E-state index < -0.39 is 10.2 Å². The molecule has 1 aromatic heterocycles. The Morgan fingerprint density at radius 1 is 1.53 bits per heavy atom. The number of hydrogen-bond acceptors (Lipinski definition) is 4. The molecule has 5 nitrogen and oxygen atoms in total. The van der Waals surface area contributed by atoms with Crippen LogP contribution in [-0.4, -0.2) is 37.5 Å². The molecule has 1 rings (SSSR count). The van der Waals surface area contributed by atoms with Crippen LogP contribution in [-0.2, 0) is 16.8 Å². The molecule has 0 aromatic carbocycles.